The van der Waals surface area contributed by atoms with E-state index in [1.54, 1.807) is 72.8 Å². The fourth-order valence-electron chi connectivity index (χ4n) is 3.38. The number of nitrogens with two attached hydrogens (primary N) is 2. The molecule has 4 aromatic rings. The number of primary amides is 2. The molecule has 192 valence electrons. The van der Waals surface area contributed by atoms with Crippen LogP contribution in [0.15, 0.2) is 92.6 Å². The topological polar surface area (TPSA) is 188 Å². The van der Waals surface area contributed by atoms with E-state index < -0.39 is 22.7 Å². The van der Waals surface area contributed by atoms with E-state index in [4.69, 9.17) is 20.9 Å². The van der Waals surface area contributed by atoms with Crippen LogP contribution in [0.4, 0.5) is 11.4 Å². The Balaban J connectivity index is 1.63. The van der Waals surface area contributed by atoms with Gasteiger partial charge in [0.25, 0.3) is 22.7 Å². The second-order valence-corrected chi connectivity index (χ2v) is 7.91. The number of fused-ring (bicyclic) bond motifs is 1. The summed E-state index contributed by atoms with van der Waals surface area (Å²) < 4.78 is 10.4. The molecule has 4 rings (SSSR count). The van der Waals surface area contributed by atoms with E-state index in [2.05, 4.69) is 21.1 Å². The van der Waals surface area contributed by atoms with Crippen molar-refractivity contribution in [3.8, 4) is 11.5 Å². The Labute approximate surface area is 214 Å². The highest BCUT2D eigenvalue weighted by Crippen LogP contribution is 2.16. The quantitative estimate of drug-likeness (QED) is 0.168. The molecule has 0 aliphatic carbocycles. The Morgan fingerprint density at radius 1 is 0.632 bits per heavy atom. The van der Waals surface area contributed by atoms with Crippen molar-refractivity contribution in [2.24, 2.45) is 21.7 Å². The highest BCUT2D eigenvalue weighted by Gasteiger charge is 2.10. The number of carbonyl (C=O) groups is 2. The van der Waals surface area contributed by atoms with Crippen LogP contribution in [0.5, 0.6) is 11.5 Å². The maximum Gasteiger partial charge on any atom is 0.256 e. The van der Waals surface area contributed by atoms with Crippen LogP contribution >= 0.6 is 0 Å². The SMILES string of the molecule is NC(=O)COc1ccc(N/N=c2\c(=O)c(=O)/c(=N\Nc3ccc(OCC(N)=O)cc3)c3ccccc23)cc1. The summed E-state index contributed by atoms with van der Waals surface area (Å²) in [6.07, 6.45) is 0. The van der Waals surface area contributed by atoms with Crippen LogP contribution in [0.25, 0.3) is 10.8 Å². The molecule has 12 heteroatoms. The molecule has 6 N–H and O–H groups in total. The molecule has 12 nitrogen and oxygen atoms in total. The number of rotatable bonds is 10. The fraction of sp³-hybridized carbons (Fsp3) is 0.0769. The maximum atomic E-state index is 13.0. The maximum absolute atomic E-state index is 13.0. The van der Waals surface area contributed by atoms with Gasteiger partial charge in [-0.05, 0) is 48.5 Å². The first-order valence-electron chi connectivity index (χ1n) is 11.2. The zero-order chi connectivity index (χ0) is 27.1. The Bertz CT molecular complexity index is 1580. The molecule has 0 bridgehead atoms. The van der Waals surface area contributed by atoms with Gasteiger partial charge in [-0.1, -0.05) is 24.3 Å². The molecular weight excluding hydrogens is 492 g/mol. The van der Waals surface area contributed by atoms with Crippen LogP contribution in [0.3, 0.4) is 0 Å². The summed E-state index contributed by atoms with van der Waals surface area (Å²) in [4.78, 5) is 47.6. The third kappa shape index (κ3) is 6.18. The molecule has 0 aromatic heterocycles. The third-order valence-corrected chi connectivity index (χ3v) is 5.14. The van der Waals surface area contributed by atoms with Crippen molar-refractivity contribution in [3.63, 3.8) is 0 Å². The number of nitrogens with zero attached hydrogens (tertiary/aromatic N) is 2. The van der Waals surface area contributed by atoms with Gasteiger partial charge in [0.05, 0.1) is 11.4 Å². The monoisotopic (exact) mass is 514 g/mol. The number of ether oxygens (including phenoxy) is 2. The summed E-state index contributed by atoms with van der Waals surface area (Å²) in [6.45, 7) is -0.504. The lowest BCUT2D eigenvalue weighted by molar-refractivity contribution is -0.120. The molecule has 4 aromatic carbocycles. The minimum Gasteiger partial charge on any atom is -0.484 e. The molecule has 0 saturated heterocycles. The minimum atomic E-state index is -0.826. The average Bonchev–Trinajstić information content (AvgIpc) is 2.92. The molecule has 0 spiro atoms. The Morgan fingerprint density at radius 3 is 1.34 bits per heavy atom. The normalized spacial score (nSPS) is 11.8. The molecule has 0 aliphatic heterocycles. The van der Waals surface area contributed by atoms with Gasteiger partial charge >= 0.3 is 0 Å². The van der Waals surface area contributed by atoms with Crippen molar-refractivity contribution in [1.29, 1.82) is 0 Å². The molecule has 0 heterocycles. The third-order valence-electron chi connectivity index (χ3n) is 5.14. The van der Waals surface area contributed by atoms with Crippen LogP contribution in [-0.2, 0) is 9.59 Å². The van der Waals surface area contributed by atoms with E-state index in [1.807, 2.05) is 0 Å². The number of hydrogen-bond donors (Lipinski definition) is 4. The summed E-state index contributed by atoms with van der Waals surface area (Å²) >= 11 is 0. The highest BCUT2D eigenvalue weighted by atomic mass is 16.5. The first-order valence-corrected chi connectivity index (χ1v) is 11.2. The Hall–Kier alpha value is -5.52. The van der Waals surface area contributed by atoms with Crippen molar-refractivity contribution in [3.05, 3.63) is 104 Å². The Morgan fingerprint density at radius 2 is 1.00 bits per heavy atom. The lowest BCUT2D eigenvalue weighted by Crippen LogP contribution is -2.48. The largest absolute Gasteiger partial charge is 0.484 e. The van der Waals surface area contributed by atoms with Crippen molar-refractivity contribution in [2.45, 2.75) is 0 Å². The summed E-state index contributed by atoms with van der Waals surface area (Å²) in [6, 6.07) is 19.7. The van der Waals surface area contributed by atoms with Gasteiger partial charge in [-0.25, -0.2) is 0 Å². The summed E-state index contributed by atoms with van der Waals surface area (Å²) in [5, 5.41) is 9.11. The first kappa shape index (κ1) is 25.6. The van der Waals surface area contributed by atoms with Gasteiger partial charge in [0, 0.05) is 10.8 Å². The van der Waals surface area contributed by atoms with Gasteiger partial charge in [-0.15, -0.1) is 0 Å². The predicted molar refractivity (Wildman–Crippen MR) is 139 cm³/mol. The number of hydrogen-bond acceptors (Lipinski definition) is 10. The minimum absolute atomic E-state index is 0.0606. The van der Waals surface area contributed by atoms with Crippen molar-refractivity contribution < 1.29 is 19.1 Å². The number of carbonyl (C=O) groups excluding carboxylic acids is 2. The molecule has 2 amide bonds. The number of nitrogens with one attached hydrogen (secondary N) is 2. The second kappa shape index (κ2) is 11.5. The average molecular weight is 514 g/mol. The van der Waals surface area contributed by atoms with E-state index in [0.717, 1.165) is 0 Å². The first-order chi connectivity index (χ1) is 18.3. The van der Waals surface area contributed by atoms with Gasteiger partial charge in [0.15, 0.2) is 13.2 Å². The van der Waals surface area contributed by atoms with Crippen LogP contribution in [0.2, 0.25) is 0 Å². The molecule has 0 atom stereocenters. The fourth-order valence-corrected chi connectivity index (χ4v) is 3.38. The Kier molecular flexibility index (Phi) is 7.72. The van der Waals surface area contributed by atoms with E-state index in [9.17, 15) is 19.2 Å². The summed E-state index contributed by atoms with van der Waals surface area (Å²) in [5.74, 6) is -0.337. The molecule has 0 aliphatic rings. The molecule has 0 unspecified atom stereocenters. The van der Waals surface area contributed by atoms with Gasteiger partial charge < -0.3 is 20.9 Å². The van der Waals surface area contributed by atoms with E-state index in [0.29, 0.717) is 33.6 Å². The smallest absolute Gasteiger partial charge is 0.256 e. The van der Waals surface area contributed by atoms with Gasteiger partial charge in [0.2, 0.25) is 0 Å². The number of anilines is 2. The van der Waals surface area contributed by atoms with E-state index in [1.165, 1.54) is 0 Å². The molecule has 0 radical (unpaired) electrons. The van der Waals surface area contributed by atoms with Crippen LogP contribution in [0.1, 0.15) is 0 Å². The molecule has 0 saturated carbocycles. The zero-order valence-corrected chi connectivity index (χ0v) is 19.8. The lowest BCUT2D eigenvalue weighted by atomic mass is 10.1. The molecule has 38 heavy (non-hydrogen) atoms. The van der Waals surface area contributed by atoms with Crippen LogP contribution in [0, 0.1) is 0 Å². The van der Waals surface area contributed by atoms with E-state index in [-0.39, 0.29) is 23.9 Å². The number of benzene rings is 4. The van der Waals surface area contributed by atoms with Crippen LogP contribution < -0.4 is 53.4 Å². The van der Waals surface area contributed by atoms with Crippen molar-refractivity contribution in [1.82, 2.24) is 0 Å². The van der Waals surface area contributed by atoms with Gasteiger partial charge in [-0.2, -0.15) is 10.2 Å². The highest BCUT2D eigenvalue weighted by molar-refractivity contribution is 5.81. The molecular formula is C26H22N6O6. The second-order valence-electron chi connectivity index (χ2n) is 7.91. The zero-order valence-electron chi connectivity index (χ0n) is 19.8. The lowest BCUT2D eigenvalue weighted by Gasteiger charge is -2.06. The summed E-state index contributed by atoms with van der Waals surface area (Å²) in [7, 11) is 0. The van der Waals surface area contributed by atoms with Crippen molar-refractivity contribution in [2.75, 3.05) is 24.1 Å². The van der Waals surface area contributed by atoms with Crippen molar-refractivity contribution >= 4 is 34.0 Å². The van der Waals surface area contributed by atoms with Gasteiger partial charge in [0.1, 0.15) is 22.2 Å². The summed E-state index contributed by atoms with van der Waals surface area (Å²) in [5.41, 5.74) is 15.0. The van der Waals surface area contributed by atoms with Gasteiger partial charge in [-0.3, -0.25) is 30.0 Å². The number of amides is 2. The van der Waals surface area contributed by atoms with Crippen LogP contribution in [-0.4, -0.2) is 25.0 Å². The standard InChI is InChI=1S/C26H22N6O6/c27-21(33)13-37-17-9-5-15(6-10-17)29-31-23-19-3-1-2-4-20(19)24(26(36)25(23)35)32-30-16-7-11-18(12-8-16)38-14-22(28)34/h1-12,29-30H,13-14H2,(H2,27,33)(H2,28,34)/b31-23-,32-24-. The predicted octanol–water partition coefficient (Wildman–Crippen LogP) is 0.0196. The molecule has 0 fully saturated rings. The van der Waals surface area contributed by atoms with E-state index >= 15 is 0 Å².